The van der Waals surface area contributed by atoms with Crippen molar-refractivity contribution in [1.29, 1.82) is 0 Å². The van der Waals surface area contributed by atoms with Gasteiger partial charge in [-0.1, -0.05) is 37.5 Å². The summed E-state index contributed by atoms with van der Waals surface area (Å²) >= 11 is 0. The molecule has 1 fully saturated rings. The van der Waals surface area contributed by atoms with Crippen molar-refractivity contribution in [1.82, 2.24) is 0 Å². The molecule has 0 aliphatic carbocycles. The molecule has 3 rings (SSSR count). The monoisotopic (exact) mass is 480 g/mol. The number of amides is 2. The smallest absolute Gasteiger partial charge is 0.338 e. The number of rotatable bonds is 10. The molecule has 1 atom stereocenters. The van der Waals surface area contributed by atoms with Crippen LogP contribution in [0.4, 0.5) is 11.4 Å². The molecule has 8 heteroatoms. The lowest BCUT2D eigenvalue weighted by molar-refractivity contribution is -0.151. The zero-order valence-electron chi connectivity index (χ0n) is 20.5. The Kier molecular flexibility index (Phi) is 9.00. The Hall–Kier alpha value is -3.68. The topological polar surface area (TPSA) is 102 Å². The van der Waals surface area contributed by atoms with E-state index in [9.17, 15) is 19.2 Å². The second kappa shape index (κ2) is 12.1. The molecule has 1 aliphatic heterocycles. The minimum atomic E-state index is -0.667. The molecular formula is C27H32N2O6. The van der Waals surface area contributed by atoms with Crippen LogP contribution in [0.15, 0.2) is 42.5 Å². The van der Waals surface area contributed by atoms with Crippen LogP contribution >= 0.6 is 0 Å². The first-order chi connectivity index (χ1) is 16.8. The van der Waals surface area contributed by atoms with Crippen molar-refractivity contribution in [3.05, 3.63) is 59.2 Å². The van der Waals surface area contributed by atoms with E-state index in [0.29, 0.717) is 23.5 Å². The first kappa shape index (κ1) is 25.9. The highest BCUT2D eigenvalue weighted by Crippen LogP contribution is 2.26. The van der Waals surface area contributed by atoms with Gasteiger partial charge >= 0.3 is 11.9 Å². The van der Waals surface area contributed by atoms with Gasteiger partial charge in [-0.2, -0.15) is 0 Å². The Morgan fingerprint density at radius 1 is 1.03 bits per heavy atom. The number of hydrogen-bond acceptors (Lipinski definition) is 6. The molecule has 1 saturated heterocycles. The zero-order valence-corrected chi connectivity index (χ0v) is 20.5. The summed E-state index contributed by atoms with van der Waals surface area (Å²) in [5, 5.41) is 2.73. The highest BCUT2D eigenvalue weighted by molar-refractivity contribution is 6.00. The Labute approximate surface area is 205 Å². The van der Waals surface area contributed by atoms with Gasteiger partial charge in [0, 0.05) is 24.3 Å². The molecule has 0 spiro atoms. The van der Waals surface area contributed by atoms with Crippen LogP contribution in [0.1, 0.15) is 54.1 Å². The molecule has 2 amide bonds. The van der Waals surface area contributed by atoms with Gasteiger partial charge in [0.25, 0.3) is 5.91 Å². The average molecular weight is 481 g/mol. The second-order valence-corrected chi connectivity index (χ2v) is 8.77. The summed E-state index contributed by atoms with van der Waals surface area (Å²) < 4.78 is 10.4. The quantitative estimate of drug-likeness (QED) is 0.404. The van der Waals surface area contributed by atoms with E-state index in [1.165, 1.54) is 4.90 Å². The third-order valence-corrected chi connectivity index (χ3v) is 5.86. The molecule has 1 aliphatic rings. The third-order valence-electron chi connectivity index (χ3n) is 5.86. The number of aryl methyl sites for hydroxylation is 2. The number of unbranched alkanes of at least 4 members (excludes halogenated alkanes) is 2. The van der Waals surface area contributed by atoms with Gasteiger partial charge in [0.1, 0.15) is 0 Å². The number of ether oxygens (including phenoxy) is 2. The summed E-state index contributed by atoms with van der Waals surface area (Å²) in [6.45, 7) is 6.03. The number of carbonyl (C=O) groups excluding carboxylic acids is 4. The van der Waals surface area contributed by atoms with Gasteiger partial charge in [0.05, 0.1) is 18.1 Å². The van der Waals surface area contributed by atoms with Crippen molar-refractivity contribution in [2.45, 2.75) is 46.5 Å². The SMILES string of the molecule is CCCCCOC(=O)c1ccc(N2C[C@H](C(=O)OCC(=O)Nc3ccc(C)cc3C)CC2=O)cc1. The molecule has 1 heterocycles. The average Bonchev–Trinajstić information content (AvgIpc) is 3.23. The minimum absolute atomic E-state index is 0.00125. The first-order valence-electron chi connectivity index (χ1n) is 11.9. The maximum Gasteiger partial charge on any atom is 0.338 e. The minimum Gasteiger partial charge on any atom is -0.462 e. The van der Waals surface area contributed by atoms with Crippen LogP contribution in [0.25, 0.3) is 0 Å². The number of nitrogens with one attached hydrogen (secondary N) is 1. The van der Waals surface area contributed by atoms with Crippen LogP contribution in [0.5, 0.6) is 0 Å². The molecule has 8 nitrogen and oxygen atoms in total. The van der Waals surface area contributed by atoms with E-state index in [2.05, 4.69) is 12.2 Å². The van der Waals surface area contributed by atoms with Gasteiger partial charge in [-0.25, -0.2) is 4.79 Å². The molecule has 1 N–H and O–H groups in total. The number of carbonyl (C=O) groups is 4. The van der Waals surface area contributed by atoms with E-state index in [0.717, 1.165) is 30.4 Å². The summed E-state index contributed by atoms with van der Waals surface area (Å²) in [5.41, 5.74) is 3.65. The highest BCUT2D eigenvalue weighted by atomic mass is 16.5. The van der Waals surface area contributed by atoms with Gasteiger partial charge in [-0.15, -0.1) is 0 Å². The molecule has 0 radical (unpaired) electrons. The van der Waals surface area contributed by atoms with Gasteiger partial charge in [-0.05, 0) is 56.2 Å². The van der Waals surface area contributed by atoms with Crippen molar-refractivity contribution < 1.29 is 28.7 Å². The largest absolute Gasteiger partial charge is 0.462 e. The van der Waals surface area contributed by atoms with Crippen molar-refractivity contribution in [2.75, 3.05) is 30.0 Å². The van der Waals surface area contributed by atoms with Crippen LogP contribution in [-0.2, 0) is 23.9 Å². The zero-order chi connectivity index (χ0) is 25.4. The van der Waals surface area contributed by atoms with Crippen LogP contribution < -0.4 is 10.2 Å². The van der Waals surface area contributed by atoms with Crippen LogP contribution in [-0.4, -0.2) is 43.5 Å². The van der Waals surface area contributed by atoms with E-state index in [4.69, 9.17) is 9.47 Å². The van der Waals surface area contributed by atoms with Gasteiger partial charge in [0.2, 0.25) is 5.91 Å². The molecule has 0 saturated carbocycles. The highest BCUT2D eigenvalue weighted by Gasteiger charge is 2.36. The molecule has 0 aromatic heterocycles. The summed E-state index contributed by atoms with van der Waals surface area (Å²) in [5.74, 6) is -2.32. The van der Waals surface area contributed by atoms with E-state index in [-0.39, 0.29) is 18.9 Å². The maximum absolute atomic E-state index is 12.5. The lowest BCUT2D eigenvalue weighted by Crippen LogP contribution is -2.28. The van der Waals surface area contributed by atoms with E-state index in [1.54, 1.807) is 30.3 Å². The molecule has 186 valence electrons. The fraction of sp³-hybridized carbons (Fsp3) is 0.407. The van der Waals surface area contributed by atoms with Crippen LogP contribution in [0.3, 0.4) is 0 Å². The molecule has 0 bridgehead atoms. The number of benzene rings is 2. The fourth-order valence-corrected chi connectivity index (χ4v) is 3.89. The summed E-state index contributed by atoms with van der Waals surface area (Å²) in [4.78, 5) is 50.8. The summed E-state index contributed by atoms with van der Waals surface area (Å²) in [6.07, 6.45) is 2.88. The van der Waals surface area contributed by atoms with Crippen molar-refractivity contribution in [2.24, 2.45) is 5.92 Å². The van der Waals surface area contributed by atoms with Crippen molar-refractivity contribution >= 4 is 35.1 Å². The summed E-state index contributed by atoms with van der Waals surface area (Å²) in [6, 6.07) is 12.2. The predicted octanol–water partition coefficient (Wildman–Crippen LogP) is 4.19. The lowest BCUT2D eigenvalue weighted by Gasteiger charge is -2.17. The number of esters is 2. The molecule has 2 aromatic carbocycles. The lowest BCUT2D eigenvalue weighted by atomic mass is 10.1. The number of nitrogens with zero attached hydrogens (tertiary/aromatic N) is 1. The number of anilines is 2. The van der Waals surface area contributed by atoms with E-state index in [1.807, 2.05) is 26.0 Å². The van der Waals surface area contributed by atoms with E-state index >= 15 is 0 Å². The van der Waals surface area contributed by atoms with Crippen LogP contribution in [0.2, 0.25) is 0 Å². The van der Waals surface area contributed by atoms with Crippen molar-refractivity contribution in [3.8, 4) is 0 Å². The van der Waals surface area contributed by atoms with Crippen LogP contribution in [0, 0.1) is 19.8 Å². The van der Waals surface area contributed by atoms with Crippen molar-refractivity contribution in [3.63, 3.8) is 0 Å². The predicted molar refractivity (Wildman–Crippen MR) is 132 cm³/mol. The molecule has 0 unspecified atom stereocenters. The van der Waals surface area contributed by atoms with Gasteiger partial charge < -0.3 is 19.7 Å². The Morgan fingerprint density at radius 3 is 2.46 bits per heavy atom. The fourth-order valence-electron chi connectivity index (χ4n) is 3.89. The van der Waals surface area contributed by atoms with Gasteiger partial charge in [-0.3, -0.25) is 14.4 Å². The molecule has 2 aromatic rings. The summed E-state index contributed by atoms with van der Waals surface area (Å²) in [7, 11) is 0. The maximum atomic E-state index is 12.5. The third kappa shape index (κ3) is 7.15. The number of hydrogen-bond donors (Lipinski definition) is 1. The molecule has 35 heavy (non-hydrogen) atoms. The normalized spacial score (nSPS) is 15.1. The molecular weight excluding hydrogens is 448 g/mol. The van der Waals surface area contributed by atoms with E-state index < -0.39 is 30.4 Å². The second-order valence-electron chi connectivity index (χ2n) is 8.77. The standard InChI is InChI=1S/C27H32N2O6/c1-4-5-6-13-34-26(32)20-8-10-22(11-9-20)29-16-21(15-25(29)31)27(33)35-17-24(30)28-23-12-7-18(2)14-19(23)3/h7-12,14,21H,4-6,13,15-17H2,1-3H3,(H,28,30)/t21-/m1/s1. The Bertz CT molecular complexity index is 1080. The Morgan fingerprint density at radius 2 is 1.77 bits per heavy atom. The Balaban J connectivity index is 1.49. The first-order valence-corrected chi connectivity index (χ1v) is 11.9. The van der Waals surface area contributed by atoms with Gasteiger partial charge in [0.15, 0.2) is 6.61 Å².